The highest BCUT2D eigenvalue weighted by Gasteiger charge is 2.29. The minimum atomic E-state index is -0.666. The summed E-state index contributed by atoms with van der Waals surface area (Å²) < 4.78 is 5.42. The van der Waals surface area contributed by atoms with Crippen molar-refractivity contribution in [2.24, 2.45) is 0 Å². The molecule has 24 heavy (non-hydrogen) atoms. The zero-order valence-electron chi connectivity index (χ0n) is 13.2. The van der Waals surface area contributed by atoms with Gasteiger partial charge in [-0.05, 0) is 35.7 Å². The number of ether oxygens (including phenoxy) is 1. The van der Waals surface area contributed by atoms with Crippen LogP contribution in [0.3, 0.4) is 0 Å². The van der Waals surface area contributed by atoms with E-state index in [0.29, 0.717) is 0 Å². The second-order valence-electron chi connectivity index (χ2n) is 5.79. The number of amides is 3. The number of fused-ring (bicyclic) bond motifs is 1. The smallest absolute Gasteiger partial charge is 0.322 e. The molecule has 0 aliphatic carbocycles. The highest BCUT2D eigenvalue weighted by molar-refractivity contribution is 6.04. The summed E-state index contributed by atoms with van der Waals surface area (Å²) in [6, 6.07) is 12.7. The Balaban J connectivity index is 1.57. The lowest BCUT2D eigenvalue weighted by atomic mass is 10.0. The Bertz CT molecular complexity index is 802. The van der Waals surface area contributed by atoms with Crippen LogP contribution < -0.4 is 10.6 Å². The van der Waals surface area contributed by atoms with Crippen molar-refractivity contribution in [2.75, 3.05) is 0 Å². The fraction of sp³-hybridized carbons (Fsp3) is 0.278. The minimum absolute atomic E-state index is 0.0658. The normalized spacial score (nSPS) is 18.1. The molecule has 0 bridgehead atoms. The van der Waals surface area contributed by atoms with E-state index >= 15 is 0 Å². The molecule has 1 aliphatic heterocycles. The van der Waals surface area contributed by atoms with Gasteiger partial charge in [-0.2, -0.15) is 0 Å². The summed E-state index contributed by atoms with van der Waals surface area (Å²) in [7, 11) is 0. The number of urea groups is 1. The molecule has 2 N–H and O–H groups in total. The van der Waals surface area contributed by atoms with Gasteiger partial charge < -0.3 is 10.1 Å². The van der Waals surface area contributed by atoms with Gasteiger partial charge in [-0.1, -0.05) is 36.4 Å². The van der Waals surface area contributed by atoms with E-state index in [1.54, 1.807) is 0 Å². The number of hydrogen-bond donors (Lipinski definition) is 2. The molecule has 124 valence electrons. The maximum atomic E-state index is 12.0. The molecule has 3 rings (SSSR count). The summed E-state index contributed by atoms with van der Waals surface area (Å²) in [6.45, 7) is 1.81. The van der Waals surface area contributed by atoms with E-state index in [4.69, 9.17) is 4.74 Å². The quantitative estimate of drug-likeness (QED) is 0.653. The molecular weight excluding hydrogens is 308 g/mol. The second kappa shape index (κ2) is 6.70. The Hall–Kier alpha value is -2.89. The van der Waals surface area contributed by atoms with Crippen LogP contribution in [0.15, 0.2) is 42.5 Å². The molecule has 0 spiro atoms. The highest BCUT2D eigenvalue weighted by atomic mass is 16.5. The SMILES string of the molecule is C[C@H](OC(=O)CC[C@H]1NC(=O)NC1=O)c1ccc2ccccc2c1. The molecule has 0 aromatic heterocycles. The Morgan fingerprint density at radius 2 is 1.92 bits per heavy atom. The zero-order valence-corrected chi connectivity index (χ0v) is 13.2. The third-order valence-corrected chi connectivity index (χ3v) is 4.05. The van der Waals surface area contributed by atoms with Crippen LogP contribution in [0.4, 0.5) is 4.79 Å². The standard InChI is InChI=1S/C18H18N2O4/c1-11(13-7-6-12-4-2-3-5-14(12)10-13)24-16(21)9-8-15-17(22)20-18(23)19-15/h2-7,10-11,15H,8-9H2,1H3,(H2,19,20,22,23)/t11-,15+/m0/s1. The lowest BCUT2D eigenvalue weighted by molar-refractivity contribution is -0.148. The van der Waals surface area contributed by atoms with Gasteiger partial charge in [0.25, 0.3) is 5.91 Å². The van der Waals surface area contributed by atoms with Crippen LogP contribution in [0, 0.1) is 0 Å². The van der Waals surface area contributed by atoms with Crippen LogP contribution in [0.2, 0.25) is 0 Å². The van der Waals surface area contributed by atoms with Gasteiger partial charge in [-0.3, -0.25) is 14.9 Å². The van der Waals surface area contributed by atoms with Gasteiger partial charge in [0.1, 0.15) is 12.1 Å². The fourth-order valence-electron chi connectivity index (χ4n) is 2.71. The number of benzene rings is 2. The molecule has 0 radical (unpaired) electrons. The van der Waals surface area contributed by atoms with Gasteiger partial charge in [0.05, 0.1) is 0 Å². The van der Waals surface area contributed by atoms with E-state index < -0.39 is 23.9 Å². The number of hydrogen-bond acceptors (Lipinski definition) is 4. The van der Waals surface area contributed by atoms with Crippen molar-refractivity contribution in [3.63, 3.8) is 0 Å². The van der Waals surface area contributed by atoms with Gasteiger partial charge in [-0.15, -0.1) is 0 Å². The first-order valence-corrected chi connectivity index (χ1v) is 7.82. The predicted molar refractivity (Wildman–Crippen MR) is 88.2 cm³/mol. The van der Waals surface area contributed by atoms with Crippen molar-refractivity contribution < 1.29 is 19.1 Å². The third-order valence-electron chi connectivity index (χ3n) is 4.05. The number of imide groups is 1. The molecule has 1 fully saturated rings. The largest absolute Gasteiger partial charge is 0.458 e. The van der Waals surface area contributed by atoms with Gasteiger partial charge in [0.2, 0.25) is 0 Å². The summed E-state index contributed by atoms with van der Waals surface area (Å²) in [5.74, 6) is -0.806. The van der Waals surface area contributed by atoms with Crippen LogP contribution in [0.5, 0.6) is 0 Å². The maximum Gasteiger partial charge on any atom is 0.322 e. The fourth-order valence-corrected chi connectivity index (χ4v) is 2.71. The van der Waals surface area contributed by atoms with Crippen molar-refractivity contribution in [3.8, 4) is 0 Å². The maximum absolute atomic E-state index is 12.0. The monoisotopic (exact) mass is 326 g/mol. The molecular formula is C18H18N2O4. The topological polar surface area (TPSA) is 84.5 Å². The number of rotatable bonds is 5. The molecule has 6 nitrogen and oxygen atoms in total. The molecule has 3 amide bonds. The lowest BCUT2D eigenvalue weighted by Gasteiger charge is -2.15. The number of esters is 1. The number of carbonyl (C=O) groups excluding carboxylic acids is 3. The first kappa shape index (κ1) is 16.0. The average molecular weight is 326 g/mol. The van der Waals surface area contributed by atoms with Crippen molar-refractivity contribution in [1.29, 1.82) is 0 Å². The van der Waals surface area contributed by atoms with Crippen molar-refractivity contribution in [3.05, 3.63) is 48.0 Å². The summed E-state index contributed by atoms with van der Waals surface area (Å²) in [6.07, 6.45) is -0.0916. The summed E-state index contributed by atoms with van der Waals surface area (Å²) >= 11 is 0. The Morgan fingerprint density at radius 3 is 2.62 bits per heavy atom. The first-order chi connectivity index (χ1) is 11.5. The Labute approximate surface area is 139 Å². The molecule has 1 aliphatic rings. The van der Waals surface area contributed by atoms with Crippen LogP contribution in [0.1, 0.15) is 31.4 Å². The molecule has 1 saturated heterocycles. The summed E-state index contributed by atoms with van der Waals surface area (Å²) in [5.41, 5.74) is 0.911. The predicted octanol–water partition coefficient (Wildman–Crippen LogP) is 2.43. The number of carbonyl (C=O) groups is 3. The van der Waals surface area contributed by atoms with E-state index in [0.717, 1.165) is 16.3 Å². The first-order valence-electron chi connectivity index (χ1n) is 7.82. The molecule has 2 aromatic carbocycles. The van der Waals surface area contributed by atoms with Crippen molar-refractivity contribution in [1.82, 2.24) is 10.6 Å². The van der Waals surface area contributed by atoms with Gasteiger partial charge in [0, 0.05) is 6.42 Å². The molecule has 2 atom stereocenters. The number of nitrogens with one attached hydrogen (secondary N) is 2. The minimum Gasteiger partial charge on any atom is -0.458 e. The molecule has 6 heteroatoms. The Morgan fingerprint density at radius 1 is 1.17 bits per heavy atom. The van der Waals surface area contributed by atoms with E-state index in [1.165, 1.54) is 0 Å². The van der Waals surface area contributed by atoms with Gasteiger partial charge in [-0.25, -0.2) is 4.79 Å². The van der Waals surface area contributed by atoms with Crippen molar-refractivity contribution >= 4 is 28.7 Å². The third kappa shape index (κ3) is 3.53. The average Bonchev–Trinajstić information content (AvgIpc) is 2.90. The highest BCUT2D eigenvalue weighted by Crippen LogP contribution is 2.23. The molecule has 2 aromatic rings. The van der Waals surface area contributed by atoms with E-state index in [1.807, 2.05) is 49.4 Å². The van der Waals surface area contributed by atoms with Crippen molar-refractivity contribution in [2.45, 2.75) is 31.9 Å². The summed E-state index contributed by atoms with van der Waals surface area (Å²) in [5, 5.41) is 6.80. The van der Waals surface area contributed by atoms with Crippen LogP contribution in [0.25, 0.3) is 10.8 Å². The summed E-state index contributed by atoms with van der Waals surface area (Å²) in [4.78, 5) is 34.4. The van der Waals surface area contributed by atoms with Crippen LogP contribution >= 0.6 is 0 Å². The lowest BCUT2D eigenvalue weighted by Crippen LogP contribution is -2.29. The molecule has 0 unspecified atom stereocenters. The van der Waals surface area contributed by atoms with E-state index in [9.17, 15) is 14.4 Å². The van der Waals surface area contributed by atoms with Crippen LogP contribution in [-0.2, 0) is 14.3 Å². The Kier molecular flexibility index (Phi) is 4.46. The second-order valence-corrected chi connectivity index (χ2v) is 5.79. The van der Waals surface area contributed by atoms with Gasteiger partial charge >= 0.3 is 12.0 Å². The van der Waals surface area contributed by atoms with E-state index in [-0.39, 0.29) is 18.9 Å². The van der Waals surface area contributed by atoms with Crippen LogP contribution in [-0.4, -0.2) is 23.9 Å². The zero-order chi connectivity index (χ0) is 17.1. The van der Waals surface area contributed by atoms with Gasteiger partial charge in [0.15, 0.2) is 0 Å². The van der Waals surface area contributed by atoms with E-state index in [2.05, 4.69) is 10.6 Å². The molecule has 0 saturated carbocycles. The molecule has 1 heterocycles.